The second-order valence-electron chi connectivity index (χ2n) is 3.48. The van der Waals surface area contributed by atoms with Crippen molar-refractivity contribution in [2.45, 2.75) is 11.8 Å². The van der Waals surface area contributed by atoms with Crippen molar-refractivity contribution in [3.63, 3.8) is 0 Å². The van der Waals surface area contributed by atoms with Crippen LogP contribution in [0.1, 0.15) is 17.3 Å². The zero-order valence-electron chi connectivity index (χ0n) is 9.60. The lowest BCUT2D eigenvalue weighted by Crippen LogP contribution is -2.06. The fourth-order valence-electron chi connectivity index (χ4n) is 1.54. The molecule has 0 saturated carbocycles. The molecule has 2 aromatic rings. The number of hydrogen-bond acceptors (Lipinski definition) is 5. The Bertz CT molecular complexity index is 773. The molecule has 0 fully saturated rings. The van der Waals surface area contributed by atoms with Gasteiger partial charge < -0.3 is 20.7 Å². The maximum absolute atomic E-state index is 11.3. The first-order chi connectivity index (χ1) is 7.79. The second kappa shape index (κ2) is 4.61. The summed E-state index contributed by atoms with van der Waals surface area (Å²) >= 11 is 4.84. The maximum atomic E-state index is 11.3. The molecule has 0 aliphatic heterocycles. The van der Waals surface area contributed by atoms with Crippen LogP contribution in [-0.2, 0) is 10.1 Å². The zero-order chi connectivity index (χ0) is 12.8. The SMILES string of the molecule is CC(=O)c1cc2[nH]c(=S)[nH]c2cc1S(=O)(=O)[O-].[NH4+]. The minimum Gasteiger partial charge on any atom is -0.744 e. The molecule has 0 spiro atoms. The zero-order valence-corrected chi connectivity index (χ0v) is 11.2. The van der Waals surface area contributed by atoms with Crippen LogP contribution in [0.15, 0.2) is 17.0 Å². The van der Waals surface area contributed by atoms with Gasteiger partial charge in [0, 0.05) is 5.56 Å². The molecule has 0 aliphatic rings. The van der Waals surface area contributed by atoms with Crippen molar-refractivity contribution in [3.05, 3.63) is 22.5 Å². The van der Waals surface area contributed by atoms with Gasteiger partial charge in [-0.1, -0.05) is 0 Å². The first-order valence-corrected chi connectivity index (χ1v) is 6.33. The molecule has 0 atom stereocenters. The van der Waals surface area contributed by atoms with Crippen molar-refractivity contribution in [1.29, 1.82) is 0 Å². The summed E-state index contributed by atoms with van der Waals surface area (Å²) in [6.45, 7) is 1.19. The van der Waals surface area contributed by atoms with Crippen LogP contribution in [0.3, 0.4) is 0 Å². The van der Waals surface area contributed by atoms with Crippen molar-refractivity contribution in [3.8, 4) is 0 Å². The van der Waals surface area contributed by atoms with E-state index in [-0.39, 0.29) is 16.5 Å². The highest BCUT2D eigenvalue weighted by Gasteiger charge is 2.15. The summed E-state index contributed by atoms with van der Waals surface area (Å²) in [6, 6.07) is 2.41. The number of nitrogens with one attached hydrogen (secondary N) is 2. The minimum absolute atomic E-state index is 0. The predicted octanol–water partition coefficient (Wildman–Crippen LogP) is 1.71. The second-order valence-corrected chi connectivity index (χ2v) is 5.24. The highest BCUT2D eigenvalue weighted by atomic mass is 32.2. The van der Waals surface area contributed by atoms with Gasteiger partial charge in [-0.2, -0.15) is 0 Å². The van der Waals surface area contributed by atoms with Crippen LogP contribution in [0.25, 0.3) is 11.0 Å². The normalized spacial score (nSPS) is 11.2. The standard InChI is InChI=1S/C9H8N2O4S2.H3N/c1-4(12)5-2-6-7(11-9(16)10-6)3-8(5)17(13,14)15;/h2-3H,1H3,(H2,10,11,16)(H,13,14,15);1H3. The van der Waals surface area contributed by atoms with Crippen LogP contribution in [0.2, 0.25) is 0 Å². The first kappa shape index (κ1) is 14.5. The molecular formula is C9H11N3O4S2. The number of quaternary nitrogens is 1. The number of rotatable bonds is 2. The number of imidazole rings is 1. The molecule has 0 unspecified atom stereocenters. The average molecular weight is 289 g/mol. The van der Waals surface area contributed by atoms with E-state index in [1.165, 1.54) is 13.0 Å². The van der Waals surface area contributed by atoms with Gasteiger partial charge in [-0.25, -0.2) is 8.42 Å². The summed E-state index contributed by atoms with van der Waals surface area (Å²) in [4.78, 5) is 16.2. The Kier molecular flexibility index (Phi) is 3.72. The third kappa shape index (κ3) is 2.48. The predicted molar refractivity (Wildman–Crippen MR) is 67.4 cm³/mol. The number of carbonyl (C=O) groups is 1. The molecule has 18 heavy (non-hydrogen) atoms. The molecule has 98 valence electrons. The number of H-pyrrole nitrogens is 2. The number of aromatic amines is 2. The molecule has 9 heteroatoms. The van der Waals surface area contributed by atoms with Crippen LogP contribution >= 0.6 is 12.2 Å². The van der Waals surface area contributed by atoms with Gasteiger partial charge >= 0.3 is 0 Å². The van der Waals surface area contributed by atoms with E-state index in [1.54, 1.807) is 0 Å². The lowest BCUT2D eigenvalue weighted by molar-refractivity contribution is 0.101. The summed E-state index contributed by atoms with van der Waals surface area (Å²) < 4.78 is 33.4. The summed E-state index contributed by atoms with van der Waals surface area (Å²) in [5, 5.41) is 0. The molecule has 2 rings (SSSR count). The van der Waals surface area contributed by atoms with E-state index in [4.69, 9.17) is 12.2 Å². The van der Waals surface area contributed by atoms with Gasteiger partial charge in [0.05, 0.1) is 15.9 Å². The summed E-state index contributed by atoms with van der Waals surface area (Å²) in [5.41, 5.74) is 0.708. The molecule has 0 saturated heterocycles. The Morgan fingerprint density at radius 2 is 1.78 bits per heavy atom. The van der Waals surface area contributed by atoms with E-state index in [0.717, 1.165) is 6.07 Å². The van der Waals surface area contributed by atoms with E-state index in [0.29, 0.717) is 11.0 Å². The Morgan fingerprint density at radius 1 is 1.28 bits per heavy atom. The van der Waals surface area contributed by atoms with E-state index < -0.39 is 20.8 Å². The molecule has 0 amide bonds. The van der Waals surface area contributed by atoms with Crippen molar-refractivity contribution in [1.82, 2.24) is 16.1 Å². The third-order valence-electron chi connectivity index (χ3n) is 2.26. The Morgan fingerprint density at radius 3 is 2.22 bits per heavy atom. The van der Waals surface area contributed by atoms with Gasteiger partial charge in [-0.05, 0) is 31.3 Å². The van der Waals surface area contributed by atoms with E-state index >= 15 is 0 Å². The maximum Gasteiger partial charge on any atom is 0.175 e. The number of ketones is 1. The topological polar surface area (TPSA) is 142 Å². The van der Waals surface area contributed by atoms with E-state index in [2.05, 4.69) is 9.97 Å². The number of fused-ring (bicyclic) bond motifs is 1. The Labute approximate surface area is 108 Å². The number of hydrogen-bond donors (Lipinski definition) is 3. The first-order valence-electron chi connectivity index (χ1n) is 4.52. The van der Waals surface area contributed by atoms with Crippen molar-refractivity contribution < 1.29 is 17.8 Å². The van der Waals surface area contributed by atoms with E-state index in [9.17, 15) is 17.8 Å². The van der Waals surface area contributed by atoms with Crippen LogP contribution < -0.4 is 6.15 Å². The molecule has 1 heterocycles. The molecule has 1 aromatic heterocycles. The summed E-state index contributed by atoms with van der Waals surface area (Å²) in [7, 11) is -4.70. The number of carbonyl (C=O) groups excluding carboxylic acids is 1. The average Bonchev–Trinajstić information content (AvgIpc) is 2.53. The molecule has 0 aliphatic carbocycles. The molecule has 0 radical (unpaired) electrons. The molecule has 7 nitrogen and oxygen atoms in total. The Hall–Kier alpha value is -1.55. The highest BCUT2D eigenvalue weighted by Crippen LogP contribution is 2.22. The van der Waals surface area contributed by atoms with Crippen molar-refractivity contribution in [2.24, 2.45) is 0 Å². The van der Waals surface area contributed by atoms with Crippen molar-refractivity contribution >= 4 is 39.2 Å². The third-order valence-corrected chi connectivity index (χ3v) is 3.35. The van der Waals surface area contributed by atoms with Crippen LogP contribution in [0.4, 0.5) is 0 Å². The van der Waals surface area contributed by atoms with Gasteiger partial charge in [-0.15, -0.1) is 0 Å². The van der Waals surface area contributed by atoms with Crippen molar-refractivity contribution in [2.75, 3.05) is 0 Å². The van der Waals surface area contributed by atoms with Crippen LogP contribution in [0, 0.1) is 4.77 Å². The Balaban J connectivity index is 0.00000162. The molecule has 0 bridgehead atoms. The highest BCUT2D eigenvalue weighted by molar-refractivity contribution is 7.85. The minimum atomic E-state index is -4.70. The quantitative estimate of drug-likeness (QED) is 0.438. The lowest BCUT2D eigenvalue weighted by atomic mass is 10.1. The van der Waals surface area contributed by atoms with Gasteiger partial charge in [-0.3, -0.25) is 4.79 Å². The largest absolute Gasteiger partial charge is 0.744 e. The monoisotopic (exact) mass is 289 g/mol. The fraction of sp³-hybridized carbons (Fsp3) is 0.111. The summed E-state index contributed by atoms with van der Waals surface area (Å²) in [5.74, 6) is -0.498. The number of aromatic nitrogens is 2. The van der Waals surface area contributed by atoms with Gasteiger partial charge in [0.15, 0.2) is 10.6 Å². The van der Waals surface area contributed by atoms with Gasteiger partial charge in [0.25, 0.3) is 0 Å². The molecule has 6 N–H and O–H groups in total. The lowest BCUT2D eigenvalue weighted by Gasteiger charge is -2.10. The van der Waals surface area contributed by atoms with Crippen LogP contribution in [0.5, 0.6) is 0 Å². The molecular weight excluding hydrogens is 278 g/mol. The fourth-order valence-corrected chi connectivity index (χ4v) is 2.50. The smallest absolute Gasteiger partial charge is 0.175 e. The van der Waals surface area contributed by atoms with Gasteiger partial charge in [0.1, 0.15) is 10.1 Å². The number of Topliss-reactive ketones (excluding diaryl/α,β-unsaturated/α-hetero) is 1. The van der Waals surface area contributed by atoms with Gasteiger partial charge in [0.2, 0.25) is 0 Å². The van der Waals surface area contributed by atoms with Crippen LogP contribution in [-0.4, -0.2) is 28.7 Å². The molecule has 1 aromatic carbocycles. The van der Waals surface area contributed by atoms with E-state index in [1.807, 2.05) is 0 Å². The summed E-state index contributed by atoms with van der Waals surface area (Å²) in [6.07, 6.45) is 0. The number of benzene rings is 1.